The topological polar surface area (TPSA) is 78.0 Å². The molecule has 1 saturated carbocycles. The van der Waals surface area contributed by atoms with E-state index in [4.69, 9.17) is 0 Å². The van der Waals surface area contributed by atoms with Crippen LogP contribution in [0.2, 0.25) is 0 Å². The number of rotatable bonds is 4. The van der Waals surface area contributed by atoms with Gasteiger partial charge in [-0.05, 0) is 75.6 Å². The van der Waals surface area contributed by atoms with Crippen molar-refractivity contribution in [1.29, 1.82) is 0 Å². The maximum atomic E-state index is 13.5. The van der Waals surface area contributed by atoms with Gasteiger partial charge in [-0.1, -0.05) is 12.8 Å². The number of benzene rings is 1. The maximum Gasteiger partial charge on any atom is 0.243 e. The number of hydrogen-bond acceptors (Lipinski definition) is 4. The van der Waals surface area contributed by atoms with Crippen molar-refractivity contribution in [3.63, 3.8) is 0 Å². The van der Waals surface area contributed by atoms with Crippen LogP contribution in [0.25, 0.3) is 0 Å². The Labute approximate surface area is 197 Å². The molecule has 0 unspecified atom stereocenters. The SMILES string of the molecule is C[C@H]1Cc2cc(S(=O)(=O)N3CCC[C@@H](C(=O)N4CCCCCC4)C3)ccc2N1C(=O)C1CC1. The van der Waals surface area contributed by atoms with E-state index in [9.17, 15) is 18.0 Å². The number of sulfonamides is 1. The molecule has 3 heterocycles. The second-order valence-electron chi connectivity index (χ2n) is 10.3. The van der Waals surface area contributed by atoms with Crippen LogP contribution in [0.4, 0.5) is 5.69 Å². The van der Waals surface area contributed by atoms with Gasteiger partial charge in [-0.3, -0.25) is 9.59 Å². The molecule has 7 nitrogen and oxygen atoms in total. The molecule has 3 fully saturated rings. The number of hydrogen-bond donors (Lipinski definition) is 0. The van der Waals surface area contributed by atoms with Gasteiger partial charge in [0.25, 0.3) is 0 Å². The molecule has 2 atom stereocenters. The number of nitrogens with zero attached hydrogens (tertiary/aromatic N) is 3. The van der Waals surface area contributed by atoms with Crippen molar-refractivity contribution in [2.45, 2.75) is 75.6 Å². The van der Waals surface area contributed by atoms with Gasteiger partial charge < -0.3 is 9.80 Å². The largest absolute Gasteiger partial charge is 0.342 e. The van der Waals surface area contributed by atoms with Crippen LogP contribution >= 0.6 is 0 Å². The molecule has 0 spiro atoms. The molecular weight excluding hydrogens is 438 g/mol. The fourth-order valence-electron chi connectivity index (χ4n) is 5.69. The first-order valence-electron chi connectivity index (χ1n) is 12.6. The number of piperidine rings is 1. The molecule has 0 radical (unpaired) electrons. The molecule has 1 aromatic rings. The van der Waals surface area contributed by atoms with Crippen LogP contribution < -0.4 is 4.90 Å². The van der Waals surface area contributed by atoms with E-state index in [2.05, 4.69) is 0 Å². The summed E-state index contributed by atoms with van der Waals surface area (Å²) in [5.74, 6) is 0.165. The Hall–Kier alpha value is -1.93. The minimum Gasteiger partial charge on any atom is -0.342 e. The molecule has 8 heteroatoms. The fourth-order valence-corrected chi connectivity index (χ4v) is 7.27. The molecule has 33 heavy (non-hydrogen) atoms. The average molecular weight is 474 g/mol. The lowest BCUT2D eigenvalue weighted by Crippen LogP contribution is -2.47. The Morgan fingerprint density at radius 2 is 1.61 bits per heavy atom. The molecule has 1 aromatic carbocycles. The van der Waals surface area contributed by atoms with E-state index in [1.54, 1.807) is 18.2 Å². The highest BCUT2D eigenvalue weighted by Crippen LogP contribution is 2.40. The summed E-state index contributed by atoms with van der Waals surface area (Å²) in [6.07, 6.45) is 8.43. The van der Waals surface area contributed by atoms with Crippen molar-refractivity contribution in [1.82, 2.24) is 9.21 Å². The minimum absolute atomic E-state index is 0.0525. The third kappa shape index (κ3) is 4.44. The lowest BCUT2D eigenvalue weighted by atomic mass is 9.98. The van der Waals surface area contributed by atoms with E-state index in [1.807, 2.05) is 16.7 Å². The number of anilines is 1. The first-order chi connectivity index (χ1) is 15.9. The van der Waals surface area contributed by atoms with Crippen LogP contribution in [0.15, 0.2) is 23.1 Å². The molecule has 5 rings (SSSR count). The van der Waals surface area contributed by atoms with Gasteiger partial charge >= 0.3 is 0 Å². The molecule has 1 aliphatic carbocycles. The zero-order valence-electron chi connectivity index (χ0n) is 19.5. The highest BCUT2D eigenvalue weighted by atomic mass is 32.2. The first kappa shape index (κ1) is 22.8. The zero-order chi connectivity index (χ0) is 23.2. The summed E-state index contributed by atoms with van der Waals surface area (Å²) >= 11 is 0. The Kier molecular flexibility index (Phi) is 6.25. The van der Waals surface area contributed by atoms with Crippen molar-refractivity contribution >= 4 is 27.5 Å². The third-order valence-corrected chi connectivity index (χ3v) is 9.58. The zero-order valence-corrected chi connectivity index (χ0v) is 20.4. The second kappa shape index (κ2) is 9.02. The predicted molar refractivity (Wildman–Crippen MR) is 126 cm³/mol. The normalized spacial score (nSPS) is 26.7. The molecule has 0 aromatic heterocycles. The van der Waals surface area contributed by atoms with Gasteiger partial charge in [0.05, 0.1) is 10.8 Å². The second-order valence-corrected chi connectivity index (χ2v) is 12.2. The van der Waals surface area contributed by atoms with Crippen molar-refractivity contribution in [2.24, 2.45) is 11.8 Å². The van der Waals surface area contributed by atoms with Crippen LogP contribution in [0.1, 0.15) is 63.9 Å². The smallest absolute Gasteiger partial charge is 0.243 e. The Bertz CT molecular complexity index is 1030. The third-order valence-electron chi connectivity index (χ3n) is 7.72. The standard InChI is InChI=1S/C25H35N3O4S/c1-18-15-21-16-22(10-11-23(21)28(18)25(30)19-8-9-19)33(31,32)27-14-6-7-20(17-27)24(29)26-12-4-2-3-5-13-26/h10-11,16,18-20H,2-9,12-15,17H2,1H3/t18-,20+/m0/s1. The summed E-state index contributed by atoms with van der Waals surface area (Å²) < 4.78 is 28.5. The van der Waals surface area contributed by atoms with Crippen molar-refractivity contribution < 1.29 is 18.0 Å². The van der Waals surface area contributed by atoms with Gasteiger partial charge in [-0.2, -0.15) is 4.31 Å². The van der Waals surface area contributed by atoms with Crippen LogP contribution in [-0.4, -0.2) is 61.7 Å². The molecule has 2 saturated heterocycles. The monoisotopic (exact) mass is 473 g/mol. The van der Waals surface area contributed by atoms with Crippen LogP contribution in [-0.2, 0) is 26.0 Å². The summed E-state index contributed by atoms with van der Waals surface area (Å²) in [7, 11) is -3.69. The van der Waals surface area contributed by atoms with E-state index < -0.39 is 10.0 Å². The van der Waals surface area contributed by atoms with Crippen LogP contribution in [0.3, 0.4) is 0 Å². The molecule has 0 bridgehead atoms. The summed E-state index contributed by atoms with van der Waals surface area (Å²) in [5.41, 5.74) is 1.78. The van der Waals surface area contributed by atoms with Crippen LogP contribution in [0.5, 0.6) is 0 Å². The molecule has 3 aliphatic heterocycles. The van der Waals surface area contributed by atoms with Crippen molar-refractivity contribution in [2.75, 3.05) is 31.1 Å². The number of amides is 2. The highest BCUT2D eigenvalue weighted by Gasteiger charge is 2.40. The lowest BCUT2D eigenvalue weighted by molar-refractivity contribution is -0.136. The van der Waals surface area contributed by atoms with Gasteiger partial charge in [-0.25, -0.2) is 8.42 Å². The molecule has 2 amide bonds. The van der Waals surface area contributed by atoms with E-state index in [-0.39, 0.29) is 41.1 Å². The summed E-state index contributed by atoms with van der Waals surface area (Å²) in [5, 5.41) is 0. The number of carbonyl (C=O) groups is 2. The highest BCUT2D eigenvalue weighted by molar-refractivity contribution is 7.89. The Balaban J connectivity index is 1.32. The molecule has 4 aliphatic rings. The number of carbonyl (C=O) groups excluding carboxylic acids is 2. The van der Waals surface area contributed by atoms with Gasteiger partial charge in [-0.15, -0.1) is 0 Å². The maximum absolute atomic E-state index is 13.5. The average Bonchev–Trinajstić information content (AvgIpc) is 3.63. The lowest BCUT2D eigenvalue weighted by Gasteiger charge is -2.34. The number of fused-ring (bicyclic) bond motifs is 1. The van der Waals surface area contributed by atoms with Crippen molar-refractivity contribution in [3.05, 3.63) is 23.8 Å². The van der Waals surface area contributed by atoms with Gasteiger partial charge in [0.15, 0.2) is 0 Å². The molecular formula is C25H35N3O4S. The van der Waals surface area contributed by atoms with Gasteiger partial charge in [0.1, 0.15) is 0 Å². The Morgan fingerprint density at radius 1 is 0.879 bits per heavy atom. The molecule has 0 N–H and O–H groups in total. The fraction of sp³-hybridized carbons (Fsp3) is 0.680. The van der Waals surface area contributed by atoms with E-state index >= 15 is 0 Å². The summed E-state index contributed by atoms with van der Waals surface area (Å²) in [4.78, 5) is 29.9. The van der Waals surface area contributed by atoms with E-state index in [1.165, 1.54) is 4.31 Å². The number of likely N-dealkylation sites (tertiary alicyclic amines) is 1. The Morgan fingerprint density at radius 3 is 2.30 bits per heavy atom. The predicted octanol–water partition coefficient (Wildman–Crippen LogP) is 3.18. The quantitative estimate of drug-likeness (QED) is 0.673. The first-order valence-corrected chi connectivity index (χ1v) is 14.0. The van der Waals surface area contributed by atoms with E-state index in [0.29, 0.717) is 19.4 Å². The van der Waals surface area contributed by atoms with Crippen LogP contribution in [0, 0.1) is 11.8 Å². The van der Waals surface area contributed by atoms with Gasteiger partial charge in [0.2, 0.25) is 21.8 Å². The summed E-state index contributed by atoms with van der Waals surface area (Å²) in [6, 6.07) is 5.24. The summed E-state index contributed by atoms with van der Waals surface area (Å²) in [6.45, 7) is 4.32. The minimum atomic E-state index is -3.69. The van der Waals surface area contributed by atoms with Gasteiger partial charge in [0, 0.05) is 43.8 Å². The van der Waals surface area contributed by atoms with Crippen molar-refractivity contribution in [3.8, 4) is 0 Å². The van der Waals surface area contributed by atoms with E-state index in [0.717, 1.165) is 69.3 Å². The molecule has 180 valence electrons.